The van der Waals surface area contributed by atoms with Crippen LogP contribution < -0.4 is 5.32 Å². The Morgan fingerprint density at radius 2 is 1.65 bits per heavy atom. The predicted octanol–water partition coefficient (Wildman–Crippen LogP) is 2.52. The molecule has 0 heterocycles. The van der Waals surface area contributed by atoms with Gasteiger partial charge in [-0.15, -0.1) is 0 Å². The number of phenols is 3. The lowest BCUT2D eigenvalue weighted by molar-refractivity contribution is 0.363. The smallest absolute Gasteiger partial charge is 0.200 e. The first-order valence-electron chi connectivity index (χ1n) is 6.58. The number of hydrogen-bond acceptors (Lipinski definition) is 4. The van der Waals surface area contributed by atoms with Gasteiger partial charge in [-0.25, -0.2) is 0 Å². The van der Waals surface area contributed by atoms with Gasteiger partial charge in [0.15, 0.2) is 11.5 Å². The van der Waals surface area contributed by atoms with Crippen LogP contribution in [0, 0.1) is 0 Å². The average Bonchev–Trinajstić information content (AvgIpc) is 2.45. The minimum atomic E-state index is -0.472. The Morgan fingerprint density at radius 3 is 2.35 bits per heavy atom. The normalized spacial score (nSPS) is 12.2. The third kappa shape index (κ3) is 3.42. The highest BCUT2D eigenvalue weighted by Gasteiger charge is 2.11. The van der Waals surface area contributed by atoms with Gasteiger partial charge >= 0.3 is 0 Å². The van der Waals surface area contributed by atoms with Crippen LogP contribution in [0.1, 0.15) is 18.1 Å². The second kappa shape index (κ2) is 6.30. The van der Waals surface area contributed by atoms with Crippen LogP contribution in [0.2, 0.25) is 0 Å². The van der Waals surface area contributed by atoms with Gasteiger partial charge in [0.05, 0.1) is 0 Å². The Balaban J connectivity index is 1.94. The fourth-order valence-corrected chi connectivity index (χ4v) is 2.08. The standard InChI is InChI=1S/C16H19NO3/c1-11(9-12-5-3-2-4-6-12)17-10-13-7-8-14(18)16(20)15(13)19/h2-8,11,17-20H,9-10H2,1H3. The van der Waals surface area contributed by atoms with Crippen molar-refractivity contribution in [2.24, 2.45) is 0 Å². The number of hydrogen-bond donors (Lipinski definition) is 4. The van der Waals surface area contributed by atoms with E-state index in [1.165, 1.54) is 11.6 Å². The molecular formula is C16H19NO3. The molecule has 0 aliphatic heterocycles. The number of benzene rings is 2. The fourth-order valence-electron chi connectivity index (χ4n) is 2.08. The molecule has 1 unspecified atom stereocenters. The van der Waals surface area contributed by atoms with Gasteiger partial charge in [0.25, 0.3) is 0 Å². The van der Waals surface area contributed by atoms with Crippen molar-refractivity contribution in [1.29, 1.82) is 0 Å². The Bertz CT molecular complexity index is 569. The number of aromatic hydroxyl groups is 3. The first-order valence-corrected chi connectivity index (χ1v) is 6.58. The van der Waals surface area contributed by atoms with Gasteiger partial charge < -0.3 is 20.6 Å². The van der Waals surface area contributed by atoms with E-state index in [-0.39, 0.29) is 17.5 Å². The van der Waals surface area contributed by atoms with E-state index in [4.69, 9.17) is 0 Å². The molecule has 106 valence electrons. The largest absolute Gasteiger partial charge is 0.504 e. The van der Waals surface area contributed by atoms with E-state index in [0.717, 1.165) is 6.42 Å². The van der Waals surface area contributed by atoms with Gasteiger partial charge in [0, 0.05) is 18.2 Å². The Hall–Kier alpha value is -2.20. The van der Waals surface area contributed by atoms with Crippen LogP contribution in [-0.2, 0) is 13.0 Å². The van der Waals surface area contributed by atoms with Gasteiger partial charge in [-0.05, 0) is 25.0 Å². The summed E-state index contributed by atoms with van der Waals surface area (Å²) in [6, 6.07) is 13.3. The van der Waals surface area contributed by atoms with Crippen LogP contribution in [0.15, 0.2) is 42.5 Å². The Kier molecular flexibility index (Phi) is 4.48. The third-order valence-electron chi connectivity index (χ3n) is 3.24. The first-order chi connectivity index (χ1) is 9.58. The molecule has 0 amide bonds. The second-order valence-electron chi connectivity index (χ2n) is 4.91. The molecule has 0 aliphatic rings. The molecule has 0 aliphatic carbocycles. The molecule has 0 saturated carbocycles. The van der Waals surface area contributed by atoms with E-state index in [9.17, 15) is 15.3 Å². The summed E-state index contributed by atoms with van der Waals surface area (Å²) >= 11 is 0. The summed E-state index contributed by atoms with van der Waals surface area (Å²) in [5, 5.41) is 31.7. The van der Waals surface area contributed by atoms with Crippen molar-refractivity contribution in [3.8, 4) is 17.2 Å². The van der Waals surface area contributed by atoms with Crippen LogP contribution in [0.3, 0.4) is 0 Å². The third-order valence-corrected chi connectivity index (χ3v) is 3.24. The molecule has 4 nitrogen and oxygen atoms in total. The van der Waals surface area contributed by atoms with Crippen LogP contribution >= 0.6 is 0 Å². The van der Waals surface area contributed by atoms with Crippen LogP contribution in [0.25, 0.3) is 0 Å². The summed E-state index contributed by atoms with van der Waals surface area (Å²) in [6.07, 6.45) is 0.881. The van der Waals surface area contributed by atoms with Crippen molar-refractivity contribution >= 4 is 0 Å². The molecule has 4 heteroatoms. The number of phenolic OH excluding ortho intramolecular Hbond substituents is 3. The maximum Gasteiger partial charge on any atom is 0.200 e. The summed E-state index contributed by atoms with van der Waals surface area (Å²) < 4.78 is 0. The first kappa shape index (κ1) is 14.2. The molecule has 0 radical (unpaired) electrons. The summed E-state index contributed by atoms with van der Waals surface area (Å²) in [7, 11) is 0. The van der Waals surface area contributed by atoms with Crippen molar-refractivity contribution in [2.75, 3.05) is 0 Å². The van der Waals surface area contributed by atoms with Crippen molar-refractivity contribution in [3.63, 3.8) is 0 Å². The van der Waals surface area contributed by atoms with Crippen LogP contribution in [-0.4, -0.2) is 21.4 Å². The molecule has 2 aromatic carbocycles. The second-order valence-corrected chi connectivity index (χ2v) is 4.91. The fraction of sp³-hybridized carbons (Fsp3) is 0.250. The highest BCUT2D eigenvalue weighted by atomic mass is 16.3. The van der Waals surface area contributed by atoms with Crippen LogP contribution in [0.4, 0.5) is 0 Å². The molecule has 0 spiro atoms. The van der Waals surface area contributed by atoms with Gasteiger partial charge in [0.1, 0.15) is 0 Å². The molecule has 0 saturated heterocycles. The monoisotopic (exact) mass is 273 g/mol. The van der Waals surface area contributed by atoms with Gasteiger partial charge in [-0.2, -0.15) is 0 Å². The van der Waals surface area contributed by atoms with E-state index in [1.807, 2.05) is 18.2 Å². The van der Waals surface area contributed by atoms with E-state index < -0.39 is 5.75 Å². The zero-order valence-electron chi connectivity index (χ0n) is 11.4. The average molecular weight is 273 g/mol. The highest BCUT2D eigenvalue weighted by molar-refractivity contribution is 5.53. The minimum absolute atomic E-state index is 0.229. The topological polar surface area (TPSA) is 72.7 Å². The summed E-state index contributed by atoms with van der Waals surface area (Å²) in [6.45, 7) is 2.48. The lowest BCUT2D eigenvalue weighted by atomic mass is 10.1. The number of nitrogens with one attached hydrogen (secondary N) is 1. The lowest BCUT2D eigenvalue weighted by Crippen LogP contribution is -2.27. The molecule has 2 aromatic rings. The van der Waals surface area contributed by atoms with E-state index in [2.05, 4.69) is 24.4 Å². The summed E-state index contributed by atoms with van der Waals surface area (Å²) in [5.41, 5.74) is 1.80. The summed E-state index contributed by atoms with van der Waals surface area (Å²) in [4.78, 5) is 0. The number of rotatable bonds is 5. The predicted molar refractivity (Wildman–Crippen MR) is 77.9 cm³/mol. The van der Waals surface area contributed by atoms with Gasteiger partial charge in [-0.1, -0.05) is 36.4 Å². The van der Waals surface area contributed by atoms with Crippen LogP contribution in [0.5, 0.6) is 17.2 Å². The SMILES string of the molecule is CC(Cc1ccccc1)NCc1ccc(O)c(O)c1O. The summed E-state index contributed by atoms with van der Waals surface area (Å²) in [5.74, 6) is -1.06. The van der Waals surface area contributed by atoms with Crippen molar-refractivity contribution < 1.29 is 15.3 Å². The minimum Gasteiger partial charge on any atom is -0.504 e. The molecule has 1 atom stereocenters. The van der Waals surface area contributed by atoms with E-state index >= 15 is 0 Å². The molecule has 20 heavy (non-hydrogen) atoms. The Morgan fingerprint density at radius 1 is 0.950 bits per heavy atom. The maximum atomic E-state index is 9.73. The lowest BCUT2D eigenvalue weighted by Gasteiger charge is -2.15. The molecule has 4 N–H and O–H groups in total. The van der Waals surface area contributed by atoms with E-state index in [0.29, 0.717) is 12.1 Å². The molecular weight excluding hydrogens is 254 g/mol. The van der Waals surface area contributed by atoms with Crippen molar-refractivity contribution in [2.45, 2.75) is 25.9 Å². The molecule has 0 fully saturated rings. The molecule has 2 rings (SSSR count). The van der Waals surface area contributed by atoms with Gasteiger partial charge in [-0.3, -0.25) is 0 Å². The molecule has 0 bridgehead atoms. The quantitative estimate of drug-likeness (QED) is 0.632. The highest BCUT2D eigenvalue weighted by Crippen LogP contribution is 2.36. The van der Waals surface area contributed by atoms with E-state index in [1.54, 1.807) is 6.07 Å². The van der Waals surface area contributed by atoms with Crippen molar-refractivity contribution in [1.82, 2.24) is 5.32 Å². The zero-order valence-corrected chi connectivity index (χ0v) is 11.4. The Labute approximate surface area is 118 Å². The maximum absolute atomic E-state index is 9.73. The van der Waals surface area contributed by atoms with Gasteiger partial charge in [0.2, 0.25) is 5.75 Å². The van der Waals surface area contributed by atoms with Crippen molar-refractivity contribution in [3.05, 3.63) is 53.6 Å². The molecule has 0 aromatic heterocycles. The zero-order chi connectivity index (χ0) is 14.5.